The summed E-state index contributed by atoms with van der Waals surface area (Å²) in [5.41, 5.74) is 3.52. The molecule has 1 aliphatic rings. The third kappa shape index (κ3) is 5.62. The molecule has 1 N–H and O–H groups in total. The van der Waals surface area contributed by atoms with Gasteiger partial charge in [0.1, 0.15) is 17.0 Å². The highest BCUT2D eigenvalue weighted by Crippen LogP contribution is 2.39. The Kier molecular flexibility index (Phi) is 7.69. The van der Waals surface area contributed by atoms with Crippen molar-refractivity contribution in [2.24, 2.45) is 0 Å². The Morgan fingerprint density at radius 3 is 2.34 bits per heavy atom. The van der Waals surface area contributed by atoms with E-state index < -0.39 is 13.2 Å². The van der Waals surface area contributed by atoms with E-state index in [0.717, 1.165) is 17.5 Å². The van der Waals surface area contributed by atoms with E-state index in [4.69, 9.17) is 16.1 Å². The molecule has 9 nitrogen and oxygen atoms in total. The third-order valence-electron chi connectivity index (χ3n) is 7.66. The summed E-state index contributed by atoms with van der Waals surface area (Å²) in [6.07, 6.45) is 0.760. The van der Waals surface area contributed by atoms with Crippen LogP contribution in [0.25, 0.3) is 11.3 Å². The first-order valence-electron chi connectivity index (χ1n) is 12.5. The molecule has 2 heterocycles. The van der Waals surface area contributed by atoms with Gasteiger partial charge in [0, 0.05) is 43.9 Å². The molecule has 0 bridgehead atoms. The summed E-state index contributed by atoms with van der Waals surface area (Å²) in [7, 11) is -2.34. The Hall–Kier alpha value is -3.21. The number of nitro groups is 1. The van der Waals surface area contributed by atoms with Crippen molar-refractivity contribution in [3.63, 3.8) is 0 Å². The number of nitro benzene ring substituents is 1. The van der Waals surface area contributed by atoms with Gasteiger partial charge in [0.2, 0.25) is 0 Å². The summed E-state index contributed by atoms with van der Waals surface area (Å²) in [6.45, 7) is 11.9. The van der Waals surface area contributed by atoms with E-state index in [0.29, 0.717) is 53.9 Å². The predicted molar refractivity (Wildman–Crippen MR) is 150 cm³/mol. The van der Waals surface area contributed by atoms with Crippen LogP contribution in [-0.4, -0.2) is 60.2 Å². The number of halogens is 1. The number of hydrogen-bond acceptors (Lipinski definition) is 7. The standard InChI is InChI=1S/C27H33ClN4O5Si/c1-18-24(25(29-37-18)20-8-6-19(7-9-20)17-27(2,3)38(4,5)36)26(33)31-14-12-30(13-15-31)23-11-10-21(32(34)35)16-22(23)28/h6-11,16,36H,12-15,17H2,1-5H3. The smallest absolute Gasteiger partial charge is 0.271 e. The van der Waals surface area contributed by atoms with Gasteiger partial charge in [0.15, 0.2) is 8.32 Å². The van der Waals surface area contributed by atoms with Crippen LogP contribution in [0.4, 0.5) is 11.4 Å². The molecule has 0 saturated carbocycles. The maximum Gasteiger partial charge on any atom is 0.271 e. The summed E-state index contributed by atoms with van der Waals surface area (Å²) in [4.78, 5) is 38.5. The molecule has 0 aliphatic carbocycles. The van der Waals surface area contributed by atoms with Crippen molar-refractivity contribution in [3.8, 4) is 11.3 Å². The van der Waals surface area contributed by atoms with Gasteiger partial charge in [-0.1, -0.05) is 54.9 Å². The van der Waals surface area contributed by atoms with Crippen molar-refractivity contribution in [3.05, 3.63) is 74.5 Å². The summed E-state index contributed by atoms with van der Waals surface area (Å²) in [5.74, 6) is 0.315. The van der Waals surface area contributed by atoms with Crippen molar-refractivity contribution in [1.82, 2.24) is 10.1 Å². The second-order valence-electron chi connectivity index (χ2n) is 11.0. The zero-order valence-corrected chi connectivity index (χ0v) is 24.1. The highest BCUT2D eigenvalue weighted by molar-refractivity contribution is 6.72. The minimum atomic E-state index is -2.34. The van der Waals surface area contributed by atoms with Crippen LogP contribution in [-0.2, 0) is 6.42 Å². The van der Waals surface area contributed by atoms with E-state index in [1.165, 1.54) is 12.1 Å². The fourth-order valence-corrected chi connectivity index (χ4v) is 5.43. The van der Waals surface area contributed by atoms with Crippen molar-refractivity contribution >= 4 is 37.2 Å². The largest absolute Gasteiger partial charge is 0.432 e. The first-order valence-corrected chi connectivity index (χ1v) is 15.9. The number of aryl methyl sites for hydroxylation is 1. The van der Waals surface area contributed by atoms with E-state index in [9.17, 15) is 19.7 Å². The number of carbonyl (C=O) groups is 1. The van der Waals surface area contributed by atoms with Gasteiger partial charge in [-0.25, -0.2) is 0 Å². The Balaban J connectivity index is 1.47. The average Bonchev–Trinajstić information content (AvgIpc) is 3.24. The molecule has 38 heavy (non-hydrogen) atoms. The quantitative estimate of drug-likeness (QED) is 0.226. The van der Waals surface area contributed by atoms with Gasteiger partial charge in [-0.2, -0.15) is 0 Å². The van der Waals surface area contributed by atoms with Crippen LogP contribution < -0.4 is 4.90 Å². The fourth-order valence-electron chi connectivity index (χ4n) is 4.50. The summed E-state index contributed by atoms with van der Waals surface area (Å²) < 4.78 is 5.45. The second kappa shape index (κ2) is 10.5. The number of piperazine rings is 1. The van der Waals surface area contributed by atoms with Gasteiger partial charge in [0.05, 0.1) is 15.6 Å². The Bertz CT molecular complexity index is 1340. The maximum absolute atomic E-state index is 13.6. The normalized spacial score (nSPS) is 14.6. The van der Waals surface area contributed by atoms with Crippen LogP contribution in [0.5, 0.6) is 0 Å². The van der Waals surface area contributed by atoms with Gasteiger partial charge in [0.25, 0.3) is 11.6 Å². The fraction of sp³-hybridized carbons (Fsp3) is 0.407. The van der Waals surface area contributed by atoms with Crippen LogP contribution in [0, 0.1) is 17.0 Å². The molecule has 1 amide bonds. The summed E-state index contributed by atoms with van der Waals surface area (Å²) >= 11 is 6.31. The molecule has 3 aromatic rings. The van der Waals surface area contributed by atoms with E-state index in [2.05, 4.69) is 19.0 Å². The number of hydrogen-bond donors (Lipinski definition) is 1. The number of anilines is 1. The van der Waals surface area contributed by atoms with E-state index in [-0.39, 0.29) is 16.6 Å². The first kappa shape index (κ1) is 27.8. The van der Waals surface area contributed by atoms with Crippen molar-refractivity contribution < 1.29 is 19.0 Å². The van der Waals surface area contributed by atoms with Crippen molar-refractivity contribution in [2.45, 2.75) is 45.3 Å². The van der Waals surface area contributed by atoms with E-state index >= 15 is 0 Å². The molecule has 1 aliphatic heterocycles. The zero-order valence-electron chi connectivity index (χ0n) is 22.3. The molecule has 0 unspecified atom stereocenters. The molecule has 1 saturated heterocycles. The van der Waals surface area contributed by atoms with Crippen LogP contribution in [0.2, 0.25) is 23.2 Å². The molecular formula is C27H33ClN4O5Si. The van der Waals surface area contributed by atoms with Crippen LogP contribution in [0.15, 0.2) is 47.0 Å². The second-order valence-corrected chi connectivity index (χ2v) is 15.8. The number of aromatic nitrogens is 1. The van der Waals surface area contributed by atoms with Crippen molar-refractivity contribution in [1.29, 1.82) is 0 Å². The minimum absolute atomic E-state index is 0.0566. The lowest BCUT2D eigenvalue weighted by molar-refractivity contribution is -0.384. The molecule has 1 aromatic heterocycles. The minimum Gasteiger partial charge on any atom is -0.432 e. The topological polar surface area (TPSA) is 113 Å². The van der Waals surface area contributed by atoms with Gasteiger partial charge in [-0.3, -0.25) is 14.9 Å². The predicted octanol–water partition coefficient (Wildman–Crippen LogP) is 5.69. The Morgan fingerprint density at radius 2 is 1.79 bits per heavy atom. The lowest BCUT2D eigenvalue weighted by Gasteiger charge is -2.36. The molecule has 1 fully saturated rings. The monoisotopic (exact) mass is 556 g/mol. The number of amides is 1. The molecule has 0 spiro atoms. The van der Waals surface area contributed by atoms with Gasteiger partial charge < -0.3 is 19.1 Å². The maximum atomic E-state index is 13.6. The van der Waals surface area contributed by atoms with Crippen LogP contribution in [0.1, 0.15) is 35.5 Å². The van der Waals surface area contributed by atoms with E-state index in [1.807, 2.05) is 42.3 Å². The molecule has 4 rings (SSSR count). The first-order chi connectivity index (χ1) is 17.8. The lowest BCUT2D eigenvalue weighted by atomic mass is 9.98. The SMILES string of the molecule is Cc1onc(-c2ccc(CC(C)(C)[Si](C)(C)O)cc2)c1C(=O)N1CCN(c2ccc([N+](=O)[O-])cc2Cl)CC1. The molecule has 2 aromatic carbocycles. The third-order valence-corrected chi connectivity index (χ3v) is 11.4. The van der Waals surface area contributed by atoms with Crippen LogP contribution >= 0.6 is 11.6 Å². The molecular weight excluding hydrogens is 524 g/mol. The number of non-ortho nitro benzene ring substituents is 1. The number of benzene rings is 2. The summed E-state index contributed by atoms with van der Waals surface area (Å²) in [6, 6.07) is 12.4. The highest BCUT2D eigenvalue weighted by Gasteiger charge is 2.38. The van der Waals surface area contributed by atoms with Gasteiger partial charge in [-0.05, 0) is 43.1 Å². The zero-order chi connectivity index (χ0) is 27.8. The molecule has 0 atom stereocenters. The Morgan fingerprint density at radius 1 is 1.16 bits per heavy atom. The number of nitrogens with zero attached hydrogens (tertiary/aromatic N) is 4. The van der Waals surface area contributed by atoms with Gasteiger partial charge in [-0.15, -0.1) is 0 Å². The number of carbonyl (C=O) groups excluding carboxylic acids is 1. The van der Waals surface area contributed by atoms with Crippen molar-refractivity contribution in [2.75, 3.05) is 31.1 Å². The van der Waals surface area contributed by atoms with Gasteiger partial charge >= 0.3 is 0 Å². The Labute approximate surface area is 228 Å². The van der Waals surface area contributed by atoms with Crippen LogP contribution in [0.3, 0.4) is 0 Å². The highest BCUT2D eigenvalue weighted by atomic mass is 35.5. The van der Waals surface area contributed by atoms with E-state index in [1.54, 1.807) is 17.9 Å². The lowest BCUT2D eigenvalue weighted by Crippen LogP contribution is -2.49. The number of rotatable bonds is 7. The average molecular weight is 557 g/mol. The summed E-state index contributed by atoms with van der Waals surface area (Å²) in [5, 5.41) is 15.3. The molecule has 202 valence electrons. The molecule has 11 heteroatoms. The molecule has 0 radical (unpaired) electrons.